The standard InChI is InChI=1S/C14H20O3/c1-3-4-11(2)9-10-17-14(16)12-5-7-13(15)8-6-12/h5-8,11,15H,3-4,9-10H2,1-2H3. The Hall–Kier alpha value is -1.51. The van der Waals surface area contributed by atoms with Crippen molar-refractivity contribution >= 4 is 5.97 Å². The van der Waals surface area contributed by atoms with Crippen molar-refractivity contribution in [3.63, 3.8) is 0 Å². The molecule has 1 aromatic rings. The second-order valence-electron chi connectivity index (χ2n) is 4.37. The molecule has 0 aliphatic rings. The van der Waals surface area contributed by atoms with Gasteiger partial charge in [-0.3, -0.25) is 0 Å². The predicted octanol–water partition coefficient (Wildman–Crippen LogP) is 3.38. The number of carbonyl (C=O) groups excluding carboxylic acids is 1. The summed E-state index contributed by atoms with van der Waals surface area (Å²) < 4.78 is 5.16. The van der Waals surface area contributed by atoms with Gasteiger partial charge in [0, 0.05) is 0 Å². The maximum Gasteiger partial charge on any atom is 0.338 e. The summed E-state index contributed by atoms with van der Waals surface area (Å²) in [7, 11) is 0. The van der Waals surface area contributed by atoms with Gasteiger partial charge in [0.05, 0.1) is 12.2 Å². The zero-order chi connectivity index (χ0) is 12.7. The van der Waals surface area contributed by atoms with Gasteiger partial charge < -0.3 is 9.84 Å². The van der Waals surface area contributed by atoms with E-state index in [1.54, 1.807) is 12.1 Å². The number of esters is 1. The van der Waals surface area contributed by atoms with Crippen LogP contribution in [0.25, 0.3) is 0 Å². The lowest BCUT2D eigenvalue weighted by molar-refractivity contribution is 0.0484. The first-order chi connectivity index (χ1) is 8.13. The van der Waals surface area contributed by atoms with Crippen molar-refractivity contribution in [2.45, 2.75) is 33.1 Å². The van der Waals surface area contributed by atoms with Crippen LogP contribution in [0.2, 0.25) is 0 Å². The lowest BCUT2D eigenvalue weighted by Gasteiger charge is -2.10. The van der Waals surface area contributed by atoms with Crippen LogP contribution in [-0.4, -0.2) is 17.7 Å². The zero-order valence-electron chi connectivity index (χ0n) is 10.5. The summed E-state index contributed by atoms with van der Waals surface area (Å²) >= 11 is 0. The van der Waals surface area contributed by atoms with E-state index < -0.39 is 0 Å². The van der Waals surface area contributed by atoms with Crippen molar-refractivity contribution in [2.24, 2.45) is 5.92 Å². The third-order valence-electron chi connectivity index (χ3n) is 2.73. The van der Waals surface area contributed by atoms with Gasteiger partial charge in [-0.25, -0.2) is 4.79 Å². The van der Waals surface area contributed by atoms with Crippen LogP contribution >= 0.6 is 0 Å². The molecule has 1 N–H and O–H groups in total. The molecule has 0 bridgehead atoms. The Kier molecular flexibility index (Phi) is 5.53. The van der Waals surface area contributed by atoms with Gasteiger partial charge in [-0.2, -0.15) is 0 Å². The van der Waals surface area contributed by atoms with E-state index in [9.17, 15) is 4.79 Å². The summed E-state index contributed by atoms with van der Waals surface area (Å²) in [6, 6.07) is 6.09. The molecule has 0 radical (unpaired) electrons. The summed E-state index contributed by atoms with van der Waals surface area (Å²) in [5.41, 5.74) is 0.478. The number of benzene rings is 1. The average Bonchev–Trinajstić information content (AvgIpc) is 2.30. The summed E-state index contributed by atoms with van der Waals surface area (Å²) in [6.07, 6.45) is 3.22. The highest BCUT2D eigenvalue weighted by Crippen LogP contribution is 2.12. The van der Waals surface area contributed by atoms with Crippen molar-refractivity contribution in [1.82, 2.24) is 0 Å². The molecule has 1 aromatic carbocycles. The fourth-order valence-corrected chi connectivity index (χ4v) is 1.67. The number of carbonyl (C=O) groups is 1. The molecule has 0 saturated carbocycles. The third-order valence-corrected chi connectivity index (χ3v) is 2.73. The van der Waals surface area contributed by atoms with E-state index in [1.165, 1.54) is 12.1 Å². The highest BCUT2D eigenvalue weighted by molar-refractivity contribution is 5.89. The molecule has 0 aliphatic carbocycles. The number of rotatable bonds is 6. The van der Waals surface area contributed by atoms with E-state index in [0.29, 0.717) is 18.1 Å². The first-order valence-corrected chi connectivity index (χ1v) is 6.09. The Labute approximate surface area is 102 Å². The molecule has 3 heteroatoms. The molecule has 3 nitrogen and oxygen atoms in total. The van der Waals surface area contributed by atoms with E-state index in [2.05, 4.69) is 13.8 Å². The highest BCUT2D eigenvalue weighted by Gasteiger charge is 2.08. The lowest BCUT2D eigenvalue weighted by Crippen LogP contribution is -2.08. The van der Waals surface area contributed by atoms with Gasteiger partial charge in [-0.15, -0.1) is 0 Å². The van der Waals surface area contributed by atoms with Gasteiger partial charge in [-0.1, -0.05) is 26.7 Å². The Bertz CT molecular complexity index is 343. The predicted molar refractivity (Wildman–Crippen MR) is 67.1 cm³/mol. The molecule has 0 amide bonds. The number of aromatic hydroxyl groups is 1. The highest BCUT2D eigenvalue weighted by atomic mass is 16.5. The normalized spacial score (nSPS) is 12.1. The quantitative estimate of drug-likeness (QED) is 0.770. The van der Waals surface area contributed by atoms with Crippen molar-refractivity contribution in [3.8, 4) is 5.75 Å². The van der Waals surface area contributed by atoms with Crippen molar-refractivity contribution in [2.75, 3.05) is 6.61 Å². The zero-order valence-corrected chi connectivity index (χ0v) is 10.5. The maximum absolute atomic E-state index is 11.6. The van der Waals surface area contributed by atoms with Crippen LogP contribution in [0.15, 0.2) is 24.3 Å². The number of phenols is 1. The van der Waals surface area contributed by atoms with Crippen molar-refractivity contribution in [1.29, 1.82) is 0 Å². The molecule has 0 saturated heterocycles. The molecule has 0 aliphatic heterocycles. The molecular formula is C14H20O3. The van der Waals surface area contributed by atoms with E-state index in [4.69, 9.17) is 9.84 Å². The molecule has 0 aromatic heterocycles. The smallest absolute Gasteiger partial charge is 0.338 e. The SMILES string of the molecule is CCCC(C)CCOC(=O)c1ccc(O)cc1. The summed E-state index contributed by atoms with van der Waals surface area (Å²) in [4.78, 5) is 11.6. The number of hydrogen-bond acceptors (Lipinski definition) is 3. The summed E-state index contributed by atoms with van der Waals surface area (Å²) in [6.45, 7) is 4.78. The minimum atomic E-state index is -0.325. The fraction of sp³-hybridized carbons (Fsp3) is 0.500. The van der Waals surface area contributed by atoms with E-state index in [1.807, 2.05) is 0 Å². The Morgan fingerprint density at radius 2 is 1.94 bits per heavy atom. The molecule has 17 heavy (non-hydrogen) atoms. The molecule has 94 valence electrons. The summed E-state index contributed by atoms with van der Waals surface area (Å²) in [5, 5.41) is 9.09. The largest absolute Gasteiger partial charge is 0.508 e. The monoisotopic (exact) mass is 236 g/mol. The van der Waals surface area contributed by atoms with Crippen molar-refractivity contribution in [3.05, 3.63) is 29.8 Å². The van der Waals surface area contributed by atoms with Crippen LogP contribution in [0, 0.1) is 5.92 Å². The van der Waals surface area contributed by atoms with Crippen molar-refractivity contribution < 1.29 is 14.6 Å². The van der Waals surface area contributed by atoms with Crippen LogP contribution in [0.4, 0.5) is 0 Å². The fourth-order valence-electron chi connectivity index (χ4n) is 1.67. The van der Waals surface area contributed by atoms with Crippen LogP contribution in [0.1, 0.15) is 43.5 Å². The van der Waals surface area contributed by atoms with E-state index in [-0.39, 0.29) is 11.7 Å². The second kappa shape index (κ2) is 6.94. The number of hydrogen-bond donors (Lipinski definition) is 1. The average molecular weight is 236 g/mol. The second-order valence-corrected chi connectivity index (χ2v) is 4.37. The lowest BCUT2D eigenvalue weighted by atomic mass is 10.0. The molecular weight excluding hydrogens is 216 g/mol. The molecule has 0 heterocycles. The molecule has 0 spiro atoms. The van der Waals surface area contributed by atoms with Gasteiger partial charge in [-0.05, 0) is 36.6 Å². The number of ether oxygens (including phenoxy) is 1. The molecule has 1 unspecified atom stereocenters. The Morgan fingerprint density at radius 3 is 2.53 bits per heavy atom. The summed E-state index contributed by atoms with van der Waals surface area (Å²) in [5.74, 6) is 0.416. The third kappa shape index (κ3) is 4.89. The van der Waals surface area contributed by atoms with Crippen LogP contribution in [0.3, 0.4) is 0 Å². The van der Waals surface area contributed by atoms with Gasteiger partial charge in [0.1, 0.15) is 5.75 Å². The minimum Gasteiger partial charge on any atom is -0.508 e. The maximum atomic E-state index is 11.6. The minimum absolute atomic E-state index is 0.151. The first-order valence-electron chi connectivity index (χ1n) is 6.09. The van der Waals surface area contributed by atoms with E-state index >= 15 is 0 Å². The van der Waals surface area contributed by atoms with Crippen LogP contribution in [0.5, 0.6) is 5.75 Å². The van der Waals surface area contributed by atoms with Gasteiger partial charge in [0.25, 0.3) is 0 Å². The van der Waals surface area contributed by atoms with Crippen LogP contribution < -0.4 is 0 Å². The molecule has 1 rings (SSSR count). The molecule has 1 atom stereocenters. The van der Waals surface area contributed by atoms with E-state index in [0.717, 1.165) is 19.3 Å². The van der Waals surface area contributed by atoms with Gasteiger partial charge in [0.2, 0.25) is 0 Å². The first kappa shape index (κ1) is 13.6. The molecule has 0 fully saturated rings. The van der Waals surface area contributed by atoms with Crippen LogP contribution in [-0.2, 0) is 4.74 Å². The van der Waals surface area contributed by atoms with Gasteiger partial charge in [0.15, 0.2) is 0 Å². The van der Waals surface area contributed by atoms with Gasteiger partial charge >= 0.3 is 5.97 Å². The number of phenolic OH excluding ortho intramolecular Hbond substituents is 1. The topological polar surface area (TPSA) is 46.5 Å². The Morgan fingerprint density at radius 1 is 1.29 bits per heavy atom. The Balaban J connectivity index is 2.32.